The molecule has 0 bridgehead atoms. The van der Waals surface area contributed by atoms with Gasteiger partial charge in [0.2, 0.25) is 0 Å². The van der Waals surface area contributed by atoms with Crippen LogP contribution in [0.25, 0.3) is 0 Å². The molecule has 2 atom stereocenters. The summed E-state index contributed by atoms with van der Waals surface area (Å²) < 4.78 is 5.47. The minimum Gasteiger partial charge on any atom is -0.381 e. The van der Waals surface area contributed by atoms with Crippen LogP contribution in [0.4, 0.5) is 0 Å². The number of ether oxygens (including phenoxy) is 1. The molecule has 1 aromatic rings. The zero-order valence-corrected chi connectivity index (χ0v) is 9.28. The minimum absolute atomic E-state index is 0.306. The third kappa shape index (κ3) is 2.80. The smallest absolute Gasteiger partial charge is 0.0512 e. The van der Waals surface area contributed by atoms with E-state index in [0.717, 1.165) is 26.1 Å². The van der Waals surface area contributed by atoms with Crippen LogP contribution in [-0.2, 0) is 11.2 Å². The van der Waals surface area contributed by atoms with Crippen LogP contribution in [0.1, 0.15) is 17.5 Å². The van der Waals surface area contributed by atoms with Crippen molar-refractivity contribution in [1.29, 1.82) is 0 Å². The number of benzene rings is 1. The highest BCUT2D eigenvalue weighted by atomic mass is 16.5. The fourth-order valence-electron chi connectivity index (χ4n) is 2.05. The SMILES string of the molecule is Cc1ccc(CC2COCCC2N)cc1. The molecule has 0 aliphatic carbocycles. The number of hydrogen-bond donors (Lipinski definition) is 1. The van der Waals surface area contributed by atoms with Gasteiger partial charge in [-0.25, -0.2) is 0 Å². The highest BCUT2D eigenvalue weighted by Gasteiger charge is 2.22. The summed E-state index contributed by atoms with van der Waals surface area (Å²) in [7, 11) is 0. The Hall–Kier alpha value is -0.860. The summed E-state index contributed by atoms with van der Waals surface area (Å²) in [6, 6.07) is 9.00. The summed E-state index contributed by atoms with van der Waals surface area (Å²) in [4.78, 5) is 0. The molecular formula is C13H19NO. The normalized spacial score (nSPS) is 26.5. The molecule has 2 rings (SSSR count). The lowest BCUT2D eigenvalue weighted by molar-refractivity contribution is 0.0422. The first-order valence-electron chi connectivity index (χ1n) is 5.64. The van der Waals surface area contributed by atoms with Gasteiger partial charge in [-0.1, -0.05) is 29.8 Å². The molecule has 82 valence electrons. The maximum absolute atomic E-state index is 6.08. The fourth-order valence-corrected chi connectivity index (χ4v) is 2.05. The average Bonchev–Trinajstić information content (AvgIpc) is 2.25. The van der Waals surface area contributed by atoms with E-state index in [1.807, 2.05) is 0 Å². The van der Waals surface area contributed by atoms with Crippen molar-refractivity contribution >= 4 is 0 Å². The second-order valence-electron chi connectivity index (χ2n) is 4.48. The lowest BCUT2D eigenvalue weighted by Crippen LogP contribution is -2.39. The lowest BCUT2D eigenvalue weighted by Gasteiger charge is -2.28. The molecular weight excluding hydrogens is 186 g/mol. The molecule has 0 radical (unpaired) electrons. The summed E-state index contributed by atoms with van der Waals surface area (Å²) in [5.74, 6) is 0.487. The summed E-state index contributed by atoms with van der Waals surface area (Å²) >= 11 is 0. The van der Waals surface area contributed by atoms with Gasteiger partial charge < -0.3 is 10.5 Å². The molecule has 1 heterocycles. The van der Waals surface area contributed by atoms with Crippen molar-refractivity contribution in [2.24, 2.45) is 11.7 Å². The van der Waals surface area contributed by atoms with E-state index in [4.69, 9.17) is 10.5 Å². The van der Waals surface area contributed by atoms with Crippen LogP contribution in [0.3, 0.4) is 0 Å². The first kappa shape index (κ1) is 10.7. The third-order valence-electron chi connectivity index (χ3n) is 3.15. The highest BCUT2D eigenvalue weighted by molar-refractivity contribution is 5.21. The molecule has 0 saturated carbocycles. The highest BCUT2D eigenvalue weighted by Crippen LogP contribution is 2.18. The van der Waals surface area contributed by atoms with Gasteiger partial charge in [-0.15, -0.1) is 0 Å². The van der Waals surface area contributed by atoms with Crippen LogP contribution in [0.15, 0.2) is 24.3 Å². The molecule has 1 aliphatic heterocycles. The Morgan fingerprint density at radius 3 is 2.73 bits per heavy atom. The van der Waals surface area contributed by atoms with Crippen molar-refractivity contribution in [3.63, 3.8) is 0 Å². The monoisotopic (exact) mass is 205 g/mol. The maximum atomic E-state index is 6.08. The third-order valence-corrected chi connectivity index (χ3v) is 3.15. The zero-order chi connectivity index (χ0) is 10.7. The number of hydrogen-bond acceptors (Lipinski definition) is 2. The standard InChI is InChI=1S/C13H19NO/c1-10-2-4-11(5-3-10)8-12-9-15-7-6-13(12)14/h2-5,12-13H,6-9,14H2,1H3. The summed E-state index contributed by atoms with van der Waals surface area (Å²) in [5, 5.41) is 0. The molecule has 1 fully saturated rings. The lowest BCUT2D eigenvalue weighted by atomic mass is 9.90. The molecule has 2 heteroatoms. The van der Waals surface area contributed by atoms with Crippen LogP contribution in [0.5, 0.6) is 0 Å². The van der Waals surface area contributed by atoms with Crippen LogP contribution in [-0.4, -0.2) is 19.3 Å². The van der Waals surface area contributed by atoms with E-state index in [0.29, 0.717) is 12.0 Å². The van der Waals surface area contributed by atoms with Crippen molar-refractivity contribution in [2.75, 3.05) is 13.2 Å². The predicted octanol–water partition coefficient (Wildman–Crippen LogP) is 1.90. The second kappa shape index (κ2) is 4.77. The zero-order valence-electron chi connectivity index (χ0n) is 9.28. The quantitative estimate of drug-likeness (QED) is 0.800. The first-order valence-corrected chi connectivity index (χ1v) is 5.64. The average molecular weight is 205 g/mol. The topological polar surface area (TPSA) is 35.2 Å². The van der Waals surface area contributed by atoms with Gasteiger partial charge in [0, 0.05) is 18.6 Å². The Morgan fingerprint density at radius 2 is 2.07 bits per heavy atom. The van der Waals surface area contributed by atoms with Gasteiger partial charge in [0.15, 0.2) is 0 Å². The van der Waals surface area contributed by atoms with Crippen LogP contribution in [0, 0.1) is 12.8 Å². The van der Waals surface area contributed by atoms with Crippen LogP contribution in [0.2, 0.25) is 0 Å². The Morgan fingerprint density at radius 1 is 1.33 bits per heavy atom. The largest absolute Gasteiger partial charge is 0.381 e. The summed E-state index contributed by atoms with van der Waals surface area (Å²) in [6.45, 7) is 3.75. The predicted molar refractivity (Wildman–Crippen MR) is 61.8 cm³/mol. The molecule has 1 aliphatic rings. The van der Waals surface area contributed by atoms with Crippen molar-refractivity contribution < 1.29 is 4.74 Å². The Bertz CT molecular complexity index is 307. The van der Waals surface area contributed by atoms with Crippen LogP contribution >= 0.6 is 0 Å². The van der Waals surface area contributed by atoms with E-state index >= 15 is 0 Å². The molecule has 0 amide bonds. The Labute approximate surface area is 91.4 Å². The van der Waals surface area contributed by atoms with E-state index in [-0.39, 0.29) is 0 Å². The van der Waals surface area contributed by atoms with E-state index in [9.17, 15) is 0 Å². The van der Waals surface area contributed by atoms with Gasteiger partial charge in [0.05, 0.1) is 6.61 Å². The Kier molecular flexibility index (Phi) is 3.39. The van der Waals surface area contributed by atoms with Gasteiger partial charge in [-0.05, 0) is 25.3 Å². The molecule has 0 aromatic heterocycles. The fraction of sp³-hybridized carbons (Fsp3) is 0.538. The molecule has 2 N–H and O–H groups in total. The maximum Gasteiger partial charge on any atom is 0.0512 e. The van der Waals surface area contributed by atoms with Crippen molar-refractivity contribution in [3.8, 4) is 0 Å². The van der Waals surface area contributed by atoms with Gasteiger partial charge in [0.1, 0.15) is 0 Å². The van der Waals surface area contributed by atoms with Gasteiger partial charge in [0.25, 0.3) is 0 Å². The first-order chi connectivity index (χ1) is 7.25. The van der Waals surface area contributed by atoms with Gasteiger partial charge in [-0.3, -0.25) is 0 Å². The molecule has 1 saturated heterocycles. The van der Waals surface area contributed by atoms with Gasteiger partial charge in [-0.2, -0.15) is 0 Å². The Balaban J connectivity index is 1.98. The minimum atomic E-state index is 0.306. The summed E-state index contributed by atoms with van der Waals surface area (Å²) in [6.07, 6.45) is 2.04. The second-order valence-corrected chi connectivity index (χ2v) is 4.48. The molecule has 2 unspecified atom stereocenters. The van der Waals surface area contributed by atoms with E-state index in [1.165, 1.54) is 11.1 Å². The molecule has 15 heavy (non-hydrogen) atoms. The number of nitrogens with two attached hydrogens (primary N) is 1. The molecule has 0 spiro atoms. The molecule has 2 nitrogen and oxygen atoms in total. The number of aryl methyl sites for hydroxylation is 1. The van der Waals surface area contributed by atoms with Crippen molar-refractivity contribution in [2.45, 2.75) is 25.8 Å². The van der Waals surface area contributed by atoms with E-state index < -0.39 is 0 Å². The van der Waals surface area contributed by atoms with Crippen LogP contribution < -0.4 is 5.73 Å². The van der Waals surface area contributed by atoms with Crippen molar-refractivity contribution in [1.82, 2.24) is 0 Å². The van der Waals surface area contributed by atoms with Gasteiger partial charge >= 0.3 is 0 Å². The van der Waals surface area contributed by atoms with Crippen molar-refractivity contribution in [3.05, 3.63) is 35.4 Å². The number of rotatable bonds is 2. The summed E-state index contributed by atoms with van der Waals surface area (Å²) in [5.41, 5.74) is 8.75. The van der Waals surface area contributed by atoms with E-state index in [2.05, 4.69) is 31.2 Å². The molecule has 1 aromatic carbocycles. The van der Waals surface area contributed by atoms with E-state index in [1.54, 1.807) is 0 Å².